The molecule has 0 bridgehead atoms. The van der Waals surface area contributed by atoms with E-state index in [4.69, 9.17) is 11.6 Å². The highest BCUT2D eigenvalue weighted by Crippen LogP contribution is 2.28. The molecule has 2 nitrogen and oxygen atoms in total. The molecule has 0 saturated heterocycles. The van der Waals surface area contributed by atoms with Crippen LogP contribution in [0.1, 0.15) is 12.6 Å². The number of aryl methyl sites for hydroxylation is 1. The standard InChI is InChI=1S/C12H12ClFN2/c1-3-7-4-11(15-2)8-5-9(13)10(14)6-12(8)16-7/h4-6H,3H2,1-2H3,(H,15,16). The number of pyridine rings is 1. The molecular weight excluding hydrogens is 227 g/mol. The molecule has 4 heteroatoms. The molecule has 0 fully saturated rings. The van der Waals surface area contributed by atoms with Crippen LogP contribution in [0.3, 0.4) is 0 Å². The van der Waals surface area contributed by atoms with Crippen LogP contribution in [-0.4, -0.2) is 12.0 Å². The Balaban J connectivity index is 2.79. The molecular formula is C12H12ClFN2. The summed E-state index contributed by atoms with van der Waals surface area (Å²) < 4.78 is 13.3. The van der Waals surface area contributed by atoms with Crippen LogP contribution in [0.25, 0.3) is 10.9 Å². The van der Waals surface area contributed by atoms with Gasteiger partial charge in [0.15, 0.2) is 0 Å². The second-order valence-electron chi connectivity index (χ2n) is 3.55. The molecule has 0 aliphatic rings. The number of halogens is 2. The number of hydrogen-bond acceptors (Lipinski definition) is 2. The first-order valence-electron chi connectivity index (χ1n) is 5.12. The molecule has 1 aromatic heterocycles. The van der Waals surface area contributed by atoms with Gasteiger partial charge >= 0.3 is 0 Å². The van der Waals surface area contributed by atoms with Crippen molar-refractivity contribution in [1.29, 1.82) is 0 Å². The molecule has 0 spiro atoms. The van der Waals surface area contributed by atoms with E-state index >= 15 is 0 Å². The highest BCUT2D eigenvalue weighted by molar-refractivity contribution is 6.31. The maximum atomic E-state index is 13.3. The molecule has 2 aromatic rings. The van der Waals surface area contributed by atoms with E-state index in [1.54, 1.807) is 6.07 Å². The van der Waals surface area contributed by atoms with Crippen LogP contribution >= 0.6 is 11.6 Å². The summed E-state index contributed by atoms with van der Waals surface area (Å²) in [4.78, 5) is 4.37. The third-order valence-electron chi connectivity index (χ3n) is 2.54. The smallest absolute Gasteiger partial charge is 0.143 e. The molecule has 1 aromatic carbocycles. The quantitative estimate of drug-likeness (QED) is 0.864. The van der Waals surface area contributed by atoms with E-state index in [1.807, 2.05) is 20.0 Å². The molecule has 1 heterocycles. The highest BCUT2D eigenvalue weighted by Gasteiger charge is 2.08. The Bertz CT molecular complexity index is 540. The Morgan fingerprint density at radius 3 is 2.75 bits per heavy atom. The Labute approximate surface area is 98.4 Å². The summed E-state index contributed by atoms with van der Waals surface area (Å²) in [6.45, 7) is 2.01. The molecule has 0 radical (unpaired) electrons. The lowest BCUT2D eigenvalue weighted by Crippen LogP contribution is -1.96. The van der Waals surface area contributed by atoms with Crippen molar-refractivity contribution in [3.05, 3.63) is 34.7 Å². The summed E-state index contributed by atoms with van der Waals surface area (Å²) in [5.74, 6) is -0.433. The molecule has 0 aliphatic carbocycles. The Hall–Kier alpha value is -1.35. The van der Waals surface area contributed by atoms with Gasteiger partial charge in [-0.2, -0.15) is 0 Å². The topological polar surface area (TPSA) is 24.9 Å². The summed E-state index contributed by atoms with van der Waals surface area (Å²) in [6.07, 6.45) is 0.814. The van der Waals surface area contributed by atoms with E-state index in [2.05, 4.69) is 10.3 Å². The van der Waals surface area contributed by atoms with Gasteiger partial charge in [-0.3, -0.25) is 4.98 Å². The first-order chi connectivity index (χ1) is 7.65. The van der Waals surface area contributed by atoms with Crippen molar-refractivity contribution >= 4 is 28.2 Å². The number of nitrogens with zero attached hydrogens (tertiary/aromatic N) is 1. The summed E-state index contributed by atoms with van der Waals surface area (Å²) in [5.41, 5.74) is 2.48. The van der Waals surface area contributed by atoms with E-state index in [9.17, 15) is 4.39 Å². The average Bonchev–Trinajstić information content (AvgIpc) is 2.29. The number of anilines is 1. The molecule has 84 valence electrons. The first kappa shape index (κ1) is 11.1. The van der Waals surface area contributed by atoms with E-state index < -0.39 is 5.82 Å². The maximum Gasteiger partial charge on any atom is 0.143 e. The Kier molecular flexibility index (Phi) is 2.97. The maximum absolute atomic E-state index is 13.3. The van der Waals surface area contributed by atoms with Crippen LogP contribution in [0.15, 0.2) is 18.2 Å². The molecule has 0 unspecified atom stereocenters. The number of aromatic nitrogens is 1. The molecule has 0 atom stereocenters. The predicted octanol–water partition coefficient (Wildman–Crippen LogP) is 3.63. The van der Waals surface area contributed by atoms with Gasteiger partial charge in [0.05, 0.1) is 10.5 Å². The van der Waals surface area contributed by atoms with E-state index in [1.165, 1.54) is 6.07 Å². The SMILES string of the molecule is CCc1cc(NC)c2cc(Cl)c(F)cc2n1. The number of rotatable bonds is 2. The van der Waals surface area contributed by atoms with Crippen molar-refractivity contribution in [3.63, 3.8) is 0 Å². The van der Waals surface area contributed by atoms with Crippen molar-refractivity contribution in [2.75, 3.05) is 12.4 Å². The van der Waals surface area contributed by atoms with Gasteiger partial charge in [0.1, 0.15) is 5.82 Å². The second-order valence-corrected chi connectivity index (χ2v) is 3.96. The number of nitrogens with one attached hydrogen (secondary N) is 1. The lowest BCUT2D eigenvalue weighted by atomic mass is 10.1. The van der Waals surface area contributed by atoms with Crippen molar-refractivity contribution in [1.82, 2.24) is 4.98 Å². The fraction of sp³-hybridized carbons (Fsp3) is 0.250. The summed E-state index contributed by atoms with van der Waals surface area (Å²) in [5, 5.41) is 4.03. The zero-order chi connectivity index (χ0) is 11.7. The minimum atomic E-state index is -0.433. The molecule has 0 aliphatic heterocycles. The van der Waals surface area contributed by atoms with E-state index in [-0.39, 0.29) is 5.02 Å². The molecule has 1 N–H and O–H groups in total. The fourth-order valence-electron chi connectivity index (χ4n) is 1.66. The molecule has 2 rings (SSSR count). The van der Waals surface area contributed by atoms with Gasteiger partial charge in [-0.05, 0) is 18.6 Å². The van der Waals surface area contributed by atoms with Gasteiger partial charge in [-0.15, -0.1) is 0 Å². The summed E-state index contributed by atoms with van der Waals surface area (Å²) in [7, 11) is 1.82. The zero-order valence-corrected chi connectivity index (χ0v) is 9.90. The first-order valence-corrected chi connectivity index (χ1v) is 5.50. The average molecular weight is 239 g/mol. The number of benzene rings is 1. The highest BCUT2D eigenvalue weighted by atomic mass is 35.5. The second kappa shape index (κ2) is 4.26. The van der Waals surface area contributed by atoms with Crippen molar-refractivity contribution in [3.8, 4) is 0 Å². The van der Waals surface area contributed by atoms with Crippen LogP contribution in [0.2, 0.25) is 5.02 Å². The minimum absolute atomic E-state index is 0.120. The van der Waals surface area contributed by atoms with Gasteiger partial charge in [-0.1, -0.05) is 18.5 Å². The fourth-order valence-corrected chi connectivity index (χ4v) is 1.83. The van der Waals surface area contributed by atoms with E-state index in [0.717, 1.165) is 23.2 Å². The minimum Gasteiger partial charge on any atom is -0.388 e. The van der Waals surface area contributed by atoms with Crippen molar-refractivity contribution < 1.29 is 4.39 Å². The Morgan fingerprint density at radius 1 is 1.38 bits per heavy atom. The number of hydrogen-bond donors (Lipinski definition) is 1. The summed E-state index contributed by atoms with van der Waals surface area (Å²) >= 11 is 5.76. The van der Waals surface area contributed by atoms with Crippen molar-refractivity contribution in [2.45, 2.75) is 13.3 Å². The van der Waals surface area contributed by atoms with Gasteiger partial charge in [0.25, 0.3) is 0 Å². The van der Waals surface area contributed by atoms with Gasteiger partial charge in [0, 0.05) is 29.9 Å². The zero-order valence-electron chi connectivity index (χ0n) is 9.14. The lowest BCUT2D eigenvalue weighted by Gasteiger charge is -2.09. The van der Waals surface area contributed by atoms with Gasteiger partial charge < -0.3 is 5.32 Å². The molecule has 0 saturated carbocycles. The monoisotopic (exact) mass is 238 g/mol. The largest absolute Gasteiger partial charge is 0.388 e. The van der Waals surface area contributed by atoms with Crippen LogP contribution in [0, 0.1) is 5.82 Å². The van der Waals surface area contributed by atoms with Crippen LogP contribution in [0.5, 0.6) is 0 Å². The summed E-state index contributed by atoms with van der Waals surface area (Å²) in [6, 6.07) is 4.93. The van der Waals surface area contributed by atoms with E-state index in [0.29, 0.717) is 5.52 Å². The Morgan fingerprint density at radius 2 is 2.12 bits per heavy atom. The molecule has 0 amide bonds. The number of fused-ring (bicyclic) bond motifs is 1. The van der Waals surface area contributed by atoms with Gasteiger partial charge in [-0.25, -0.2) is 4.39 Å². The van der Waals surface area contributed by atoms with Crippen LogP contribution in [-0.2, 0) is 6.42 Å². The third-order valence-corrected chi connectivity index (χ3v) is 2.83. The lowest BCUT2D eigenvalue weighted by molar-refractivity contribution is 0.630. The third kappa shape index (κ3) is 1.83. The van der Waals surface area contributed by atoms with Crippen LogP contribution < -0.4 is 5.32 Å². The van der Waals surface area contributed by atoms with Gasteiger partial charge in [0.2, 0.25) is 0 Å². The van der Waals surface area contributed by atoms with Crippen molar-refractivity contribution in [2.24, 2.45) is 0 Å². The van der Waals surface area contributed by atoms with Crippen LogP contribution in [0.4, 0.5) is 10.1 Å². The normalized spacial score (nSPS) is 10.8. The predicted molar refractivity (Wildman–Crippen MR) is 65.6 cm³/mol. The molecule has 16 heavy (non-hydrogen) atoms.